The number of piperidine rings is 2. The monoisotopic (exact) mass is 437 g/mol. The predicted molar refractivity (Wildman–Crippen MR) is 106 cm³/mol. The van der Waals surface area contributed by atoms with Gasteiger partial charge in [0.2, 0.25) is 0 Å². The van der Waals surface area contributed by atoms with Crippen molar-refractivity contribution in [3.05, 3.63) is 51.5 Å². The van der Waals surface area contributed by atoms with Gasteiger partial charge in [0, 0.05) is 36.6 Å². The van der Waals surface area contributed by atoms with Gasteiger partial charge in [-0.1, -0.05) is 0 Å². The van der Waals surface area contributed by atoms with Gasteiger partial charge in [0.05, 0.1) is 10.6 Å². The van der Waals surface area contributed by atoms with Crippen LogP contribution in [0, 0.1) is 12.8 Å². The van der Waals surface area contributed by atoms with Gasteiger partial charge in [0.25, 0.3) is 11.8 Å². The number of fused-ring (bicyclic) bond motifs is 1. The van der Waals surface area contributed by atoms with Crippen LogP contribution in [0.5, 0.6) is 0 Å². The first-order valence-corrected chi connectivity index (χ1v) is 10.8. The van der Waals surface area contributed by atoms with Crippen LogP contribution in [0.25, 0.3) is 0 Å². The first-order valence-electron chi connectivity index (χ1n) is 9.93. The van der Waals surface area contributed by atoms with Crippen LogP contribution in [0.3, 0.4) is 0 Å². The molecule has 30 heavy (non-hydrogen) atoms. The molecule has 2 fully saturated rings. The molecule has 2 amide bonds. The third-order valence-corrected chi connectivity index (χ3v) is 6.69. The molecule has 4 rings (SSSR count). The van der Waals surface area contributed by atoms with Crippen molar-refractivity contribution < 1.29 is 22.8 Å². The smallest absolute Gasteiger partial charge is 0.338 e. The van der Waals surface area contributed by atoms with Crippen molar-refractivity contribution in [1.29, 1.82) is 0 Å². The molecule has 0 aliphatic carbocycles. The SMILES string of the molecule is Cc1nc(C(=O)N2CCC[C@@H]3CN(C(=O)c4ccc(C(F)(F)F)cc4)CC[C@@H]32)cs1. The molecule has 0 bridgehead atoms. The third-order valence-electron chi connectivity index (χ3n) is 5.91. The zero-order chi connectivity index (χ0) is 21.5. The molecule has 2 aliphatic rings. The number of aryl methyl sites for hydroxylation is 1. The second kappa shape index (κ2) is 8.02. The van der Waals surface area contributed by atoms with E-state index in [2.05, 4.69) is 4.98 Å². The van der Waals surface area contributed by atoms with Crippen molar-refractivity contribution in [3.63, 3.8) is 0 Å². The maximum Gasteiger partial charge on any atom is 0.416 e. The van der Waals surface area contributed by atoms with Gasteiger partial charge >= 0.3 is 6.18 Å². The van der Waals surface area contributed by atoms with E-state index in [0.717, 1.165) is 30.0 Å². The molecule has 2 aromatic rings. The van der Waals surface area contributed by atoms with Crippen molar-refractivity contribution in [2.75, 3.05) is 19.6 Å². The van der Waals surface area contributed by atoms with Gasteiger partial charge < -0.3 is 9.80 Å². The van der Waals surface area contributed by atoms with Crippen LogP contribution in [-0.4, -0.2) is 52.3 Å². The number of thiazole rings is 1. The number of hydrogen-bond donors (Lipinski definition) is 0. The molecule has 0 N–H and O–H groups in total. The Balaban J connectivity index is 1.44. The molecule has 0 spiro atoms. The van der Waals surface area contributed by atoms with E-state index in [1.54, 1.807) is 10.3 Å². The lowest BCUT2D eigenvalue weighted by molar-refractivity contribution is -0.137. The van der Waals surface area contributed by atoms with Crippen LogP contribution in [0.4, 0.5) is 13.2 Å². The highest BCUT2D eigenvalue weighted by molar-refractivity contribution is 7.09. The number of carbonyl (C=O) groups excluding carboxylic acids is 2. The van der Waals surface area contributed by atoms with Crippen LogP contribution in [0.15, 0.2) is 29.6 Å². The Morgan fingerprint density at radius 1 is 1.10 bits per heavy atom. The Kier molecular flexibility index (Phi) is 5.57. The first kappa shape index (κ1) is 20.8. The molecule has 2 atom stereocenters. The molecule has 0 saturated carbocycles. The average molecular weight is 437 g/mol. The van der Waals surface area contributed by atoms with Gasteiger partial charge in [0.1, 0.15) is 5.69 Å². The second-order valence-electron chi connectivity index (χ2n) is 7.83. The highest BCUT2D eigenvalue weighted by atomic mass is 32.1. The molecule has 2 aliphatic heterocycles. The predicted octanol–water partition coefficient (Wildman–Crippen LogP) is 4.24. The number of amides is 2. The van der Waals surface area contributed by atoms with Gasteiger partial charge in [-0.05, 0) is 56.4 Å². The van der Waals surface area contributed by atoms with Crippen LogP contribution in [-0.2, 0) is 6.18 Å². The quantitative estimate of drug-likeness (QED) is 0.706. The average Bonchev–Trinajstić information content (AvgIpc) is 3.17. The minimum atomic E-state index is -4.42. The van der Waals surface area contributed by atoms with E-state index in [-0.39, 0.29) is 29.3 Å². The van der Waals surface area contributed by atoms with E-state index in [0.29, 0.717) is 31.7 Å². The normalized spacial score (nSPS) is 22.0. The standard InChI is InChI=1S/C21H22F3N3O2S/c1-13-25-17(12-30-13)20(29)27-9-2-3-15-11-26(10-8-18(15)27)19(28)14-4-6-16(7-5-14)21(22,23)24/h4-7,12,15,18H,2-3,8-11H2,1H3/t15-,18+/m1/s1. The number of alkyl halides is 3. The highest BCUT2D eigenvalue weighted by Gasteiger charge is 2.40. The molecule has 5 nitrogen and oxygen atoms in total. The Hall–Kier alpha value is -2.42. The van der Waals surface area contributed by atoms with Gasteiger partial charge in [-0.3, -0.25) is 9.59 Å². The number of hydrogen-bond acceptors (Lipinski definition) is 4. The van der Waals surface area contributed by atoms with Crippen molar-refractivity contribution >= 4 is 23.2 Å². The number of halogens is 3. The number of aromatic nitrogens is 1. The molecule has 2 saturated heterocycles. The van der Waals surface area contributed by atoms with E-state index < -0.39 is 11.7 Å². The summed E-state index contributed by atoms with van der Waals surface area (Å²) < 4.78 is 38.3. The van der Waals surface area contributed by atoms with E-state index in [1.165, 1.54) is 23.5 Å². The highest BCUT2D eigenvalue weighted by Crippen LogP contribution is 2.33. The topological polar surface area (TPSA) is 53.5 Å². The van der Waals surface area contributed by atoms with Gasteiger partial charge in [0.15, 0.2) is 0 Å². The summed E-state index contributed by atoms with van der Waals surface area (Å²) in [4.78, 5) is 33.6. The molecule has 0 unspecified atom stereocenters. The molecule has 3 heterocycles. The Morgan fingerprint density at radius 3 is 2.47 bits per heavy atom. The minimum absolute atomic E-state index is 0.0587. The maximum atomic E-state index is 12.9. The Labute approximate surface area is 176 Å². The molecule has 0 radical (unpaired) electrons. The summed E-state index contributed by atoms with van der Waals surface area (Å²) in [6.07, 6.45) is -1.99. The number of rotatable bonds is 2. The fourth-order valence-electron chi connectivity index (χ4n) is 4.43. The summed E-state index contributed by atoms with van der Waals surface area (Å²) in [5, 5.41) is 2.63. The molecular formula is C21H22F3N3O2S. The zero-order valence-electron chi connectivity index (χ0n) is 16.5. The summed E-state index contributed by atoms with van der Waals surface area (Å²) >= 11 is 1.45. The van der Waals surface area contributed by atoms with Crippen LogP contribution >= 0.6 is 11.3 Å². The number of carbonyl (C=O) groups is 2. The van der Waals surface area contributed by atoms with Crippen LogP contribution in [0.2, 0.25) is 0 Å². The lowest BCUT2D eigenvalue weighted by atomic mass is 9.83. The van der Waals surface area contributed by atoms with E-state index >= 15 is 0 Å². The number of benzene rings is 1. The summed E-state index contributed by atoms with van der Waals surface area (Å²) in [6, 6.07) is 4.41. The van der Waals surface area contributed by atoms with Crippen LogP contribution < -0.4 is 0 Å². The van der Waals surface area contributed by atoms with Gasteiger partial charge in [-0.15, -0.1) is 11.3 Å². The second-order valence-corrected chi connectivity index (χ2v) is 8.90. The van der Waals surface area contributed by atoms with E-state index in [1.807, 2.05) is 11.8 Å². The summed E-state index contributed by atoms with van der Waals surface area (Å²) in [7, 11) is 0. The molecule has 1 aromatic heterocycles. The van der Waals surface area contributed by atoms with E-state index in [9.17, 15) is 22.8 Å². The molecule has 1 aromatic carbocycles. The molecule has 160 valence electrons. The lowest BCUT2D eigenvalue weighted by Crippen LogP contribution is -2.56. The van der Waals surface area contributed by atoms with E-state index in [4.69, 9.17) is 0 Å². The van der Waals surface area contributed by atoms with Crippen molar-refractivity contribution in [1.82, 2.24) is 14.8 Å². The Bertz CT molecular complexity index is 942. The lowest BCUT2D eigenvalue weighted by Gasteiger charge is -2.47. The first-order chi connectivity index (χ1) is 14.2. The van der Waals surface area contributed by atoms with Crippen molar-refractivity contribution in [2.24, 2.45) is 5.92 Å². The number of nitrogens with zero attached hydrogens (tertiary/aromatic N) is 3. The van der Waals surface area contributed by atoms with Crippen molar-refractivity contribution in [3.8, 4) is 0 Å². The van der Waals surface area contributed by atoms with Crippen LogP contribution in [0.1, 0.15) is 50.7 Å². The Morgan fingerprint density at radius 2 is 1.83 bits per heavy atom. The maximum absolute atomic E-state index is 12.9. The van der Waals surface area contributed by atoms with Crippen molar-refractivity contribution in [2.45, 2.75) is 38.4 Å². The fourth-order valence-corrected chi connectivity index (χ4v) is 5.02. The third kappa shape index (κ3) is 4.08. The summed E-state index contributed by atoms with van der Waals surface area (Å²) in [5.41, 5.74) is -0.0407. The fraction of sp³-hybridized carbons (Fsp3) is 0.476. The largest absolute Gasteiger partial charge is 0.416 e. The molecule has 9 heteroatoms. The molecular weight excluding hydrogens is 415 g/mol. The zero-order valence-corrected chi connectivity index (χ0v) is 17.3. The van der Waals surface area contributed by atoms with Gasteiger partial charge in [-0.25, -0.2) is 4.98 Å². The summed E-state index contributed by atoms with van der Waals surface area (Å²) in [5.74, 6) is -0.160. The van der Waals surface area contributed by atoms with Gasteiger partial charge in [-0.2, -0.15) is 13.2 Å². The minimum Gasteiger partial charge on any atom is -0.338 e. The number of likely N-dealkylation sites (tertiary alicyclic amines) is 2. The summed E-state index contributed by atoms with van der Waals surface area (Å²) in [6.45, 7) is 3.53.